The van der Waals surface area contributed by atoms with Crippen molar-refractivity contribution in [3.63, 3.8) is 0 Å². The SMILES string of the molecule is Cc1noc(C)c1CC(=O)N1CCN(C(=O)C2(c3cccc(Cl)c3)CCC2)CC1. The van der Waals surface area contributed by atoms with E-state index in [1.807, 2.05) is 47.9 Å². The smallest absolute Gasteiger partial charge is 0.233 e. The van der Waals surface area contributed by atoms with Gasteiger partial charge in [-0.2, -0.15) is 0 Å². The van der Waals surface area contributed by atoms with Gasteiger partial charge < -0.3 is 14.3 Å². The second kappa shape index (κ2) is 7.82. The summed E-state index contributed by atoms with van der Waals surface area (Å²) in [5, 5.41) is 4.58. The third-order valence-corrected chi connectivity index (χ3v) is 6.66. The van der Waals surface area contributed by atoms with Crippen LogP contribution in [-0.4, -0.2) is 52.9 Å². The molecular formula is C22H26ClN3O3. The normalized spacial score (nSPS) is 18.4. The Hall–Kier alpha value is -2.34. The van der Waals surface area contributed by atoms with E-state index in [4.69, 9.17) is 16.1 Å². The lowest BCUT2D eigenvalue weighted by molar-refractivity contribution is -0.146. The Morgan fingerprint density at radius 1 is 1.14 bits per heavy atom. The van der Waals surface area contributed by atoms with Gasteiger partial charge in [-0.25, -0.2) is 0 Å². The van der Waals surface area contributed by atoms with Crippen LogP contribution in [0.4, 0.5) is 0 Å². The van der Waals surface area contributed by atoms with Gasteiger partial charge in [-0.15, -0.1) is 0 Å². The molecule has 1 aliphatic carbocycles. The molecular weight excluding hydrogens is 390 g/mol. The van der Waals surface area contributed by atoms with Crippen LogP contribution in [-0.2, 0) is 21.4 Å². The number of hydrogen-bond acceptors (Lipinski definition) is 4. The number of nitrogens with zero attached hydrogens (tertiary/aromatic N) is 3. The molecule has 2 fully saturated rings. The zero-order valence-electron chi connectivity index (χ0n) is 16.9. The first-order valence-corrected chi connectivity index (χ1v) is 10.5. The third-order valence-electron chi connectivity index (χ3n) is 6.42. The van der Waals surface area contributed by atoms with Crippen LogP contribution in [0, 0.1) is 13.8 Å². The van der Waals surface area contributed by atoms with E-state index in [-0.39, 0.29) is 11.8 Å². The van der Waals surface area contributed by atoms with Crippen LogP contribution in [0.1, 0.15) is 41.8 Å². The van der Waals surface area contributed by atoms with Crippen LogP contribution in [0.3, 0.4) is 0 Å². The number of halogens is 1. The minimum absolute atomic E-state index is 0.0553. The highest BCUT2D eigenvalue weighted by molar-refractivity contribution is 6.30. The zero-order chi connectivity index (χ0) is 20.6. The fraction of sp³-hybridized carbons (Fsp3) is 0.500. The number of carbonyl (C=O) groups excluding carboxylic acids is 2. The molecule has 1 aromatic carbocycles. The number of aromatic nitrogens is 1. The molecule has 4 rings (SSSR count). The number of aryl methyl sites for hydroxylation is 2. The number of benzene rings is 1. The molecule has 0 atom stereocenters. The Balaban J connectivity index is 1.40. The van der Waals surface area contributed by atoms with Crippen molar-refractivity contribution in [3.05, 3.63) is 51.9 Å². The van der Waals surface area contributed by atoms with Gasteiger partial charge in [0.25, 0.3) is 0 Å². The number of hydrogen-bond donors (Lipinski definition) is 0. The number of amides is 2. The van der Waals surface area contributed by atoms with E-state index in [0.717, 1.165) is 36.1 Å². The van der Waals surface area contributed by atoms with Crippen molar-refractivity contribution in [1.82, 2.24) is 15.0 Å². The molecule has 7 heteroatoms. The van der Waals surface area contributed by atoms with Crippen molar-refractivity contribution in [2.75, 3.05) is 26.2 Å². The van der Waals surface area contributed by atoms with Gasteiger partial charge in [0.2, 0.25) is 11.8 Å². The molecule has 1 saturated carbocycles. The monoisotopic (exact) mass is 415 g/mol. The summed E-state index contributed by atoms with van der Waals surface area (Å²) in [4.78, 5) is 29.9. The largest absolute Gasteiger partial charge is 0.361 e. The Morgan fingerprint density at radius 3 is 2.38 bits per heavy atom. The van der Waals surface area contributed by atoms with E-state index in [2.05, 4.69) is 5.16 Å². The molecule has 154 valence electrons. The average Bonchev–Trinajstić information content (AvgIpc) is 2.99. The predicted molar refractivity (Wildman–Crippen MR) is 110 cm³/mol. The van der Waals surface area contributed by atoms with Crippen LogP contribution >= 0.6 is 11.6 Å². The topological polar surface area (TPSA) is 66.7 Å². The minimum Gasteiger partial charge on any atom is -0.361 e. The first-order chi connectivity index (χ1) is 13.9. The molecule has 29 heavy (non-hydrogen) atoms. The lowest BCUT2D eigenvalue weighted by atomic mass is 9.63. The van der Waals surface area contributed by atoms with E-state index in [1.165, 1.54) is 0 Å². The van der Waals surface area contributed by atoms with Crippen LogP contribution in [0.25, 0.3) is 0 Å². The maximum atomic E-state index is 13.4. The van der Waals surface area contributed by atoms with Gasteiger partial charge in [-0.1, -0.05) is 35.3 Å². The van der Waals surface area contributed by atoms with Crippen molar-refractivity contribution < 1.29 is 14.1 Å². The van der Waals surface area contributed by atoms with Crippen LogP contribution in [0.15, 0.2) is 28.8 Å². The number of rotatable bonds is 4. The second-order valence-corrected chi connectivity index (χ2v) is 8.53. The Labute approximate surface area is 175 Å². The van der Waals surface area contributed by atoms with Gasteiger partial charge in [0.05, 0.1) is 17.5 Å². The molecule has 1 aliphatic heterocycles. The molecule has 2 aromatic rings. The summed E-state index contributed by atoms with van der Waals surface area (Å²) in [6, 6.07) is 7.68. The summed E-state index contributed by atoms with van der Waals surface area (Å²) in [6.45, 7) is 5.92. The summed E-state index contributed by atoms with van der Waals surface area (Å²) in [6.07, 6.45) is 3.06. The Morgan fingerprint density at radius 2 is 1.83 bits per heavy atom. The fourth-order valence-electron chi connectivity index (χ4n) is 4.42. The lowest BCUT2D eigenvalue weighted by Gasteiger charge is -2.46. The summed E-state index contributed by atoms with van der Waals surface area (Å²) < 4.78 is 5.16. The standard InChI is InChI=1S/C22H26ClN3O3/c1-15-19(16(2)29-24-15)14-20(27)25-9-11-26(12-10-25)21(28)22(7-4-8-22)17-5-3-6-18(23)13-17/h3,5-6,13H,4,7-12,14H2,1-2H3. The maximum Gasteiger partial charge on any atom is 0.233 e. The molecule has 1 saturated heterocycles. The Bertz CT molecular complexity index is 908. The van der Waals surface area contributed by atoms with E-state index >= 15 is 0 Å². The summed E-state index contributed by atoms with van der Waals surface area (Å²) in [7, 11) is 0. The van der Waals surface area contributed by atoms with Gasteiger partial charge >= 0.3 is 0 Å². The highest BCUT2D eigenvalue weighted by Gasteiger charge is 2.48. The summed E-state index contributed by atoms with van der Waals surface area (Å²) in [5.41, 5.74) is 2.19. The molecule has 2 heterocycles. The van der Waals surface area contributed by atoms with Crippen molar-refractivity contribution in [2.24, 2.45) is 0 Å². The molecule has 0 bridgehead atoms. The molecule has 2 amide bonds. The molecule has 1 aromatic heterocycles. The van der Waals surface area contributed by atoms with E-state index in [0.29, 0.717) is 43.4 Å². The average molecular weight is 416 g/mol. The van der Waals surface area contributed by atoms with Crippen molar-refractivity contribution >= 4 is 23.4 Å². The zero-order valence-corrected chi connectivity index (χ0v) is 17.7. The third kappa shape index (κ3) is 3.66. The molecule has 0 radical (unpaired) electrons. The van der Waals surface area contributed by atoms with Gasteiger partial charge in [0, 0.05) is 36.8 Å². The molecule has 2 aliphatic rings. The quantitative estimate of drug-likeness (QED) is 0.768. The van der Waals surface area contributed by atoms with Crippen LogP contribution < -0.4 is 0 Å². The van der Waals surface area contributed by atoms with Crippen LogP contribution in [0.5, 0.6) is 0 Å². The van der Waals surface area contributed by atoms with Gasteiger partial charge in [0.15, 0.2) is 0 Å². The van der Waals surface area contributed by atoms with E-state index < -0.39 is 5.41 Å². The second-order valence-electron chi connectivity index (χ2n) is 8.10. The number of piperazine rings is 1. The molecule has 6 nitrogen and oxygen atoms in total. The lowest BCUT2D eigenvalue weighted by Crippen LogP contribution is -2.57. The van der Waals surface area contributed by atoms with E-state index in [9.17, 15) is 9.59 Å². The molecule has 0 spiro atoms. The highest BCUT2D eigenvalue weighted by atomic mass is 35.5. The first kappa shape index (κ1) is 20.0. The highest BCUT2D eigenvalue weighted by Crippen LogP contribution is 2.45. The van der Waals surface area contributed by atoms with Gasteiger partial charge in [-0.3, -0.25) is 9.59 Å². The van der Waals surface area contributed by atoms with Crippen molar-refractivity contribution in [2.45, 2.75) is 44.9 Å². The Kier molecular flexibility index (Phi) is 5.38. The number of carbonyl (C=O) groups is 2. The maximum absolute atomic E-state index is 13.4. The van der Waals surface area contributed by atoms with Gasteiger partial charge in [-0.05, 0) is 44.4 Å². The summed E-state index contributed by atoms with van der Waals surface area (Å²) >= 11 is 6.18. The fourth-order valence-corrected chi connectivity index (χ4v) is 4.61. The van der Waals surface area contributed by atoms with Crippen LogP contribution in [0.2, 0.25) is 5.02 Å². The molecule has 0 unspecified atom stereocenters. The first-order valence-electron chi connectivity index (χ1n) is 10.2. The van der Waals surface area contributed by atoms with Crippen molar-refractivity contribution in [3.8, 4) is 0 Å². The van der Waals surface area contributed by atoms with E-state index in [1.54, 1.807) is 0 Å². The molecule has 0 N–H and O–H groups in total. The van der Waals surface area contributed by atoms with Crippen molar-refractivity contribution in [1.29, 1.82) is 0 Å². The predicted octanol–water partition coefficient (Wildman–Crippen LogP) is 3.28. The van der Waals surface area contributed by atoms with Gasteiger partial charge in [0.1, 0.15) is 5.76 Å². The minimum atomic E-state index is -0.451. The summed E-state index contributed by atoms with van der Waals surface area (Å²) in [5.74, 6) is 0.918.